The number of ether oxygens (including phenoxy) is 2. The van der Waals surface area contributed by atoms with E-state index < -0.39 is 102 Å². The number of hydrogen-bond acceptors (Lipinski definition) is 17. The lowest BCUT2D eigenvalue weighted by Crippen LogP contribution is -2.43. The molecule has 2 unspecified atom stereocenters. The van der Waals surface area contributed by atoms with Crippen LogP contribution in [0, 0.1) is 5.92 Å². The molecule has 2 saturated heterocycles. The largest absolute Gasteiger partial charge is 0.433 e. The van der Waals surface area contributed by atoms with Crippen molar-refractivity contribution >= 4 is 38.4 Å². The molecule has 2 aliphatic heterocycles. The number of hydrogen-bond donors (Lipinski definition) is 11. The van der Waals surface area contributed by atoms with Gasteiger partial charge in [-0.1, -0.05) is 13.8 Å². The zero-order valence-electron chi connectivity index (χ0n) is 24.2. The Kier molecular flexibility index (Phi) is 11.5. The molecule has 4 rings (SSSR count). The van der Waals surface area contributed by atoms with Crippen molar-refractivity contribution in [3.63, 3.8) is 0 Å². The molecule has 0 spiro atoms. The van der Waals surface area contributed by atoms with Gasteiger partial charge in [0.15, 0.2) is 35.6 Å². The van der Waals surface area contributed by atoms with Gasteiger partial charge in [-0.2, -0.15) is 0 Å². The van der Waals surface area contributed by atoms with Gasteiger partial charge >= 0.3 is 15.5 Å². The summed E-state index contributed by atoms with van der Waals surface area (Å²) in [5.41, 5.74) is -0.123. The van der Waals surface area contributed by atoms with E-state index in [4.69, 9.17) is 23.6 Å². The number of nitrogens with one attached hydrogen (secondary N) is 2. The molecule has 2 aromatic heterocycles. The lowest BCUT2D eigenvalue weighted by atomic mass is 10.0. The van der Waals surface area contributed by atoms with Crippen LogP contribution in [0.1, 0.15) is 26.5 Å². The highest BCUT2D eigenvalue weighted by atomic mass is 31.2. The number of carbonyl (C=O) groups is 1. The Balaban J connectivity index is 1.39. The quantitative estimate of drug-likeness (QED) is 0.0847. The van der Waals surface area contributed by atoms with Gasteiger partial charge < -0.3 is 55.0 Å². The van der Waals surface area contributed by atoms with E-state index in [-0.39, 0.29) is 23.4 Å². The van der Waals surface area contributed by atoms with Crippen molar-refractivity contribution in [3.05, 3.63) is 12.7 Å². The zero-order chi connectivity index (χ0) is 34.1. The Bertz CT molecular complexity index is 1470. The number of aromatic nitrogens is 4. The van der Waals surface area contributed by atoms with Gasteiger partial charge in [-0.05, 0) is 5.92 Å². The lowest BCUT2D eigenvalue weighted by molar-refractivity contribution is -0.139. The summed E-state index contributed by atoms with van der Waals surface area (Å²) in [4.78, 5) is 44.4. The molecule has 22 nitrogen and oxygen atoms in total. The number of amides is 1. The number of rotatable bonds is 14. The van der Waals surface area contributed by atoms with E-state index in [1.807, 2.05) is 0 Å². The zero-order valence-corrected chi connectivity index (χ0v) is 26.0. The lowest BCUT2D eigenvalue weighted by Gasteiger charge is -2.22. The third kappa shape index (κ3) is 8.24. The first kappa shape index (κ1) is 36.6. The molecule has 0 aromatic carbocycles. The van der Waals surface area contributed by atoms with Crippen molar-refractivity contribution in [2.24, 2.45) is 5.92 Å². The summed E-state index contributed by atoms with van der Waals surface area (Å²) >= 11 is 0. The third-order valence-electron chi connectivity index (χ3n) is 7.08. The predicted molar refractivity (Wildman–Crippen MR) is 149 cm³/mol. The van der Waals surface area contributed by atoms with Crippen LogP contribution >= 0.6 is 15.5 Å². The van der Waals surface area contributed by atoms with E-state index in [9.17, 15) is 54.4 Å². The maximum absolute atomic E-state index is 12.8. The van der Waals surface area contributed by atoms with Gasteiger partial charge in [0, 0.05) is 6.42 Å². The monoisotopic (exact) mass is 702 g/mol. The SMILES string of the molecule is CC(C)[C@@H](O)[C@H](O)C(=O)NP(=O)(O)OC[C@@H]1C[C@H](O)[C@H](n2cnc3c(NP(=O)(O)O[C@@H]4O[C@@H]([C@H](O)CO)[C@@H](O)[C@H]4O)ncnc32)O1. The first-order valence-corrected chi connectivity index (χ1v) is 16.9. The molecule has 0 radical (unpaired) electrons. The molecule has 2 aliphatic rings. The van der Waals surface area contributed by atoms with Crippen LogP contribution in [0.25, 0.3) is 11.2 Å². The first-order valence-electron chi connectivity index (χ1n) is 13.7. The minimum atomic E-state index is -4.92. The highest BCUT2D eigenvalue weighted by Gasteiger charge is 2.49. The summed E-state index contributed by atoms with van der Waals surface area (Å²) in [7, 11) is -9.75. The normalized spacial score (nSPS) is 31.3. The Morgan fingerprint density at radius 2 is 1.78 bits per heavy atom. The van der Waals surface area contributed by atoms with Crippen LogP contribution in [0.15, 0.2) is 12.7 Å². The Morgan fingerprint density at radius 3 is 2.43 bits per heavy atom. The van der Waals surface area contributed by atoms with Gasteiger partial charge in [-0.3, -0.25) is 28.6 Å². The molecule has 24 heteroatoms. The molecule has 0 aliphatic carbocycles. The molecule has 4 heterocycles. The van der Waals surface area contributed by atoms with Crippen molar-refractivity contribution in [1.82, 2.24) is 24.6 Å². The summed E-state index contributed by atoms with van der Waals surface area (Å²) in [6, 6.07) is 0. The van der Waals surface area contributed by atoms with Crippen LogP contribution in [-0.4, -0.2) is 139 Å². The van der Waals surface area contributed by atoms with Crippen LogP contribution in [0.5, 0.6) is 0 Å². The van der Waals surface area contributed by atoms with Gasteiger partial charge in [0.2, 0.25) is 0 Å². The maximum Gasteiger partial charge on any atom is 0.433 e. The fourth-order valence-corrected chi connectivity index (χ4v) is 6.41. The highest BCUT2D eigenvalue weighted by Crippen LogP contribution is 2.46. The molecule has 12 atom stereocenters. The van der Waals surface area contributed by atoms with Crippen molar-refractivity contribution in [1.29, 1.82) is 0 Å². The van der Waals surface area contributed by atoms with Gasteiger partial charge in [-0.25, -0.2) is 24.1 Å². The molecule has 11 N–H and O–H groups in total. The third-order valence-corrected chi connectivity index (χ3v) is 9.07. The molecule has 0 saturated carbocycles. The van der Waals surface area contributed by atoms with E-state index >= 15 is 0 Å². The maximum atomic E-state index is 12.8. The first-order chi connectivity index (χ1) is 21.4. The highest BCUT2D eigenvalue weighted by molar-refractivity contribution is 7.54. The second-order valence-electron chi connectivity index (χ2n) is 10.9. The van der Waals surface area contributed by atoms with Crippen molar-refractivity contribution < 1.29 is 78.0 Å². The molecular weight excluding hydrogens is 666 g/mol. The summed E-state index contributed by atoms with van der Waals surface area (Å²) in [6.45, 7) is 1.62. The molecule has 260 valence electrons. The van der Waals surface area contributed by atoms with Gasteiger partial charge in [0.05, 0.1) is 31.7 Å². The van der Waals surface area contributed by atoms with Crippen molar-refractivity contribution in [3.8, 4) is 0 Å². The van der Waals surface area contributed by atoms with E-state index in [1.165, 1.54) is 18.4 Å². The van der Waals surface area contributed by atoms with E-state index in [1.54, 1.807) is 5.09 Å². The summed E-state index contributed by atoms with van der Waals surface area (Å²) in [5.74, 6) is -2.21. The fraction of sp³-hybridized carbons (Fsp3) is 0.727. The molecule has 2 fully saturated rings. The minimum absolute atomic E-state index is 0.0142. The minimum Gasteiger partial charge on any atom is -0.394 e. The molecule has 46 heavy (non-hydrogen) atoms. The Labute approximate surface area is 259 Å². The molecule has 2 aromatic rings. The molecular formula is C22H36N6O16P2. The number of imidazole rings is 1. The van der Waals surface area contributed by atoms with Crippen LogP contribution in [0.4, 0.5) is 5.82 Å². The van der Waals surface area contributed by atoms with Gasteiger partial charge in [0.1, 0.15) is 36.8 Å². The van der Waals surface area contributed by atoms with Crippen molar-refractivity contribution in [2.75, 3.05) is 18.3 Å². The second-order valence-corrected chi connectivity index (χ2v) is 13.9. The number of carbonyl (C=O) groups excluding carboxylic acids is 1. The molecule has 0 bridgehead atoms. The van der Waals surface area contributed by atoms with E-state index in [0.29, 0.717) is 0 Å². The second kappa shape index (κ2) is 14.5. The number of fused-ring (bicyclic) bond motifs is 1. The summed E-state index contributed by atoms with van der Waals surface area (Å²) in [5, 5.41) is 73.0. The predicted octanol–water partition coefficient (Wildman–Crippen LogP) is -3.59. The number of aliphatic hydroxyl groups excluding tert-OH is 7. The van der Waals surface area contributed by atoms with Crippen LogP contribution in [0.2, 0.25) is 0 Å². The van der Waals surface area contributed by atoms with Gasteiger partial charge in [0.25, 0.3) is 5.91 Å². The Morgan fingerprint density at radius 1 is 1.09 bits per heavy atom. The fourth-order valence-electron chi connectivity index (χ4n) is 4.63. The average Bonchev–Trinajstić information content (AvgIpc) is 3.66. The Hall–Kier alpha value is -2.24. The van der Waals surface area contributed by atoms with E-state index in [2.05, 4.69) is 20.0 Å². The summed E-state index contributed by atoms with van der Waals surface area (Å²) < 4.78 is 47.0. The van der Waals surface area contributed by atoms with Crippen LogP contribution < -0.4 is 10.2 Å². The standard InChI is InChI=1S/C22H36N6O16P2/c1-8(2)13(32)15(34)20(36)27-45(37,38)41-5-9-3-10(30)21(42-9)28-7-25-12-18(23-6-24-19(12)28)26-46(39,40)44-22-16(35)14(33)17(43-22)11(31)4-29/h6-11,13-17,21-22,29-35H,3-5H2,1-2H3,(H2,27,36,37,38)(H2,23,24,26,39,40)/t9-,10-,11+,13+,14-,15-,16+,17-,21+,22-/m0/s1. The van der Waals surface area contributed by atoms with E-state index in [0.717, 1.165) is 12.7 Å². The number of nitrogens with zero attached hydrogens (tertiary/aromatic N) is 4. The summed E-state index contributed by atoms with van der Waals surface area (Å²) in [6.07, 6.45) is -13.5. The van der Waals surface area contributed by atoms with Gasteiger partial charge in [-0.15, -0.1) is 0 Å². The van der Waals surface area contributed by atoms with Crippen LogP contribution in [-0.2, 0) is 32.4 Å². The average molecular weight is 703 g/mol. The molecule has 1 amide bonds. The number of anilines is 1. The topological polar surface area (TPSA) is 338 Å². The number of aliphatic hydroxyl groups is 7. The van der Waals surface area contributed by atoms with Crippen molar-refractivity contribution in [2.45, 2.75) is 81.6 Å². The smallest absolute Gasteiger partial charge is 0.394 e. The van der Waals surface area contributed by atoms with Crippen LogP contribution in [0.3, 0.4) is 0 Å².